The lowest BCUT2D eigenvalue weighted by atomic mass is 9.99. The molecular formula is C16H22FN3O5S. The number of carbonyl (C=O) groups is 2. The van der Waals surface area contributed by atoms with Crippen LogP contribution in [0.2, 0.25) is 0 Å². The molecule has 1 aromatic carbocycles. The lowest BCUT2D eigenvalue weighted by Crippen LogP contribution is -2.46. The van der Waals surface area contributed by atoms with Crippen LogP contribution in [0, 0.1) is 11.7 Å². The summed E-state index contributed by atoms with van der Waals surface area (Å²) in [7, 11) is -3.12. The van der Waals surface area contributed by atoms with Crippen LogP contribution in [0.25, 0.3) is 0 Å². The monoisotopic (exact) mass is 387 g/mol. The van der Waals surface area contributed by atoms with E-state index in [1.165, 1.54) is 6.07 Å². The predicted octanol–water partition coefficient (Wildman–Crippen LogP) is 0.0879. The number of esters is 1. The molecule has 3 N–H and O–H groups in total. The molecule has 1 aliphatic heterocycles. The summed E-state index contributed by atoms with van der Waals surface area (Å²) in [4.78, 5) is 23.5. The number of carbonyl (C=O) groups excluding carboxylic acids is 2. The van der Waals surface area contributed by atoms with E-state index in [1.54, 1.807) is 0 Å². The van der Waals surface area contributed by atoms with Crippen molar-refractivity contribution >= 4 is 21.9 Å². The fraction of sp³-hybridized carbons (Fsp3) is 0.500. The number of hydrogen-bond donors (Lipinski definition) is 2. The second kappa shape index (κ2) is 8.56. The van der Waals surface area contributed by atoms with E-state index in [1.807, 2.05) is 0 Å². The second-order valence-electron chi connectivity index (χ2n) is 5.89. The Bertz CT molecular complexity index is 784. The number of piperidine rings is 1. The van der Waals surface area contributed by atoms with E-state index >= 15 is 0 Å². The minimum Gasteiger partial charge on any atom is -0.465 e. The molecule has 1 saturated heterocycles. The largest absolute Gasteiger partial charge is 0.465 e. The average Bonchev–Trinajstić information content (AvgIpc) is 2.65. The summed E-state index contributed by atoms with van der Waals surface area (Å²) in [5.74, 6) is -2.86. The van der Waals surface area contributed by atoms with Gasteiger partial charge in [-0.25, -0.2) is 17.6 Å². The number of methoxy groups -OCH3 is 1. The summed E-state index contributed by atoms with van der Waals surface area (Å²) in [6, 6.07) is 3.36. The quantitative estimate of drug-likeness (QED) is 0.668. The van der Waals surface area contributed by atoms with Crippen molar-refractivity contribution in [2.45, 2.75) is 17.7 Å². The van der Waals surface area contributed by atoms with Gasteiger partial charge in [-0.3, -0.25) is 4.79 Å². The summed E-state index contributed by atoms with van der Waals surface area (Å²) in [6.45, 7) is 0.723. The van der Waals surface area contributed by atoms with Crippen LogP contribution in [-0.4, -0.2) is 57.9 Å². The Balaban J connectivity index is 2.32. The zero-order chi connectivity index (χ0) is 19.3. The number of benzene rings is 1. The Hall–Kier alpha value is -2.04. The highest BCUT2D eigenvalue weighted by atomic mass is 32.2. The van der Waals surface area contributed by atoms with Crippen molar-refractivity contribution in [3.8, 4) is 0 Å². The molecule has 0 radical (unpaired) electrons. The van der Waals surface area contributed by atoms with Gasteiger partial charge in [-0.1, -0.05) is 6.07 Å². The number of nitrogens with two attached hydrogens (primary N) is 1. The Morgan fingerprint density at radius 1 is 1.42 bits per heavy atom. The summed E-state index contributed by atoms with van der Waals surface area (Å²) in [5, 5.41) is 2.64. The maximum absolute atomic E-state index is 14.1. The van der Waals surface area contributed by atoms with Gasteiger partial charge in [0, 0.05) is 26.2 Å². The van der Waals surface area contributed by atoms with Crippen molar-refractivity contribution in [3.63, 3.8) is 0 Å². The molecule has 1 unspecified atom stereocenters. The van der Waals surface area contributed by atoms with Crippen LogP contribution in [0.4, 0.5) is 4.39 Å². The van der Waals surface area contributed by atoms with Crippen molar-refractivity contribution < 1.29 is 27.1 Å². The van der Waals surface area contributed by atoms with Crippen LogP contribution >= 0.6 is 0 Å². The first kappa shape index (κ1) is 20.3. The predicted molar refractivity (Wildman–Crippen MR) is 91.3 cm³/mol. The number of sulfonamides is 1. The summed E-state index contributed by atoms with van der Waals surface area (Å²) < 4.78 is 45.6. The minimum absolute atomic E-state index is 0.0458. The molecule has 144 valence electrons. The first-order valence-electron chi connectivity index (χ1n) is 8.17. The molecule has 1 heterocycles. The van der Waals surface area contributed by atoms with Crippen molar-refractivity contribution in [1.29, 1.82) is 0 Å². The zero-order valence-electron chi connectivity index (χ0n) is 14.4. The lowest BCUT2D eigenvalue weighted by Gasteiger charge is -2.31. The molecule has 0 aromatic heterocycles. The van der Waals surface area contributed by atoms with Gasteiger partial charge in [-0.05, 0) is 25.0 Å². The second-order valence-corrected chi connectivity index (χ2v) is 7.79. The van der Waals surface area contributed by atoms with E-state index in [0.29, 0.717) is 19.4 Å². The molecule has 0 bridgehead atoms. The summed E-state index contributed by atoms with van der Waals surface area (Å²) in [6.07, 6.45) is 1.01. The van der Waals surface area contributed by atoms with E-state index in [-0.39, 0.29) is 25.5 Å². The average molecular weight is 387 g/mol. The summed E-state index contributed by atoms with van der Waals surface area (Å²) >= 11 is 0. The van der Waals surface area contributed by atoms with Crippen LogP contribution in [0.5, 0.6) is 0 Å². The van der Waals surface area contributed by atoms with Crippen LogP contribution in [0.3, 0.4) is 0 Å². The standard InChI is InChI=1S/C16H22FN3O5S/c1-25-16(22)14-12(17)5-2-6-13(14)26(23,24)20-9-3-4-11(10-20)15(21)19-8-7-18/h2,5-6,11H,3-4,7-10,18H2,1H3,(H,19,21). The molecule has 0 saturated carbocycles. The molecule has 1 aromatic rings. The first-order chi connectivity index (χ1) is 12.3. The van der Waals surface area contributed by atoms with Gasteiger partial charge in [-0.2, -0.15) is 4.31 Å². The van der Waals surface area contributed by atoms with Gasteiger partial charge in [0.2, 0.25) is 15.9 Å². The molecule has 1 fully saturated rings. The van der Waals surface area contributed by atoms with Gasteiger partial charge < -0.3 is 15.8 Å². The number of nitrogens with zero attached hydrogens (tertiary/aromatic N) is 1. The van der Waals surface area contributed by atoms with E-state index in [9.17, 15) is 22.4 Å². The van der Waals surface area contributed by atoms with Crippen molar-refractivity contribution in [1.82, 2.24) is 9.62 Å². The van der Waals surface area contributed by atoms with Crippen molar-refractivity contribution in [2.75, 3.05) is 33.3 Å². The SMILES string of the molecule is COC(=O)c1c(F)cccc1S(=O)(=O)N1CCCC(C(=O)NCCN)C1. The smallest absolute Gasteiger partial charge is 0.342 e. The van der Waals surface area contributed by atoms with Crippen molar-refractivity contribution in [2.24, 2.45) is 11.7 Å². The Morgan fingerprint density at radius 3 is 2.81 bits per heavy atom. The Kier molecular flexibility index (Phi) is 6.68. The zero-order valence-corrected chi connectivity index (χ0v) is 15.2. The van der Waals surface area contributed by atoms with E-state index in [2.05, 4.69) is 10.1 Å². The minimum atomic E-state index is -4.17. The molecule has 0 spiro atoms. The maximum Gasteiger partial charge on any atom is 0.342 e. The van der Waals surface area contributed by atoms with Crippen LogP contribution in [0.15, 0.2) is 23.1 Å². The van der Waals surface area contributed by atoms with E-state index in [0.717, 1.165) is 23.5 Å². The number of halogens is 1. The highest BCUT2D eigenvalue weighted by Crippen LogP contribution is 2.27. The molecule has 26 heavy (non-hydrogen) atoms. The highest BCUT2D eigenvalue weighted by Gasteiger charge is 2.36. The molecule has 1 atom stereocenters. The highest BCUT2D eigenvalue weighted by molar-refractivity contribution is 7.89. The van der Waals surface area contributed by atoms with Crippen LogP contribution in [-0.2, 0) is 19.6 Å². The van der Waals surface area contributed by atoms with Gasteiger partial charge in [0.1, 0.15) is 11.4 Å². The normalized spacial score (nSPS) is 18.3. The number of ether oxygens (including phenoxy) is 1. The van der Waals surface area contributed by atoms with Gasteiger partial charge >= 0.3 is 5.97 Å². The molecule has 0 aliphatic carbocycles. The number of nitrogens with one attached hydrogen (secondary N) is 1. The van der Waals surface area contributed by atoms with Crippen LogP contribution in [0.1, 0.15) is 23.2 Å². The topological polar surface area (TPSA) is 119 Å². The van der Waals surface area contributed by atoms with Gasteiger partial charge in [-0.15, -0.1) is 0 Å². The fourth-order valence-corrected chi connectivity index (χ4v) is 4.59. The van der Waals surface area contributed by atoms with E-state index < -0.39 is 38.2 Å². The van der Waals surface area contributed by atoms with Crippen molar-refractivity contribution in [3.05, 3.63) is 29.6 Å². The molecule has 1 amide bonds. The van der Waals surface area contributed by atoms with Gasteiger partial charge in [0.25, 0.3) is 0 Å². The molecule has 8 nitrogen and oxygen atoms in total. The first-order valence-corrected chi connectivity index (χ1v) is 9.61. The van der Waals surface area contributed by atoms with E-state index in [4.69, 9.17) is 5.73 Å². The lowest BCUT2D eigenvalue weighted by molar-refractivity contribution is -0.126. The molecule has 10 heteroatoms. The third-order valence-corrected chi connectivity index (χ3v) is 6.09. The number of rotatable bonds is 6. The van der Waals surface area contributed by atoms with Gasteiger partial charge in [0.15, 0.2) is 0 Å². The number of hydrogen-bond acceptors (Lipinski definition) is 6. The Labute approximate surface area is 151 Å². The molecule has 1 aliphatic rings. The Morgan fingerprint density at radius 2 is 2.15 bits per heavy atom. The maximum atomic E-state index is 14.1. The number of amides is 1. The van der Waals surface area contributed by atoms with Crippen LogP contribution < -0.4 is 11.1 Å². The summed E-state index contributed by atoms with van der Waals surface area (Å²) in [5.41, 5.74) is 4.72. The fourth-order valence-electron chi connectivity index (χ4n) is 2.87. The molecular weight excluding hydrogens is 365 g/mol. The third-order valence-electron chi connectivity index (χ3n) is 4.18. The van der Waals surface area contributed by atoms with Gasteiger partial charge in [0.05, 0.1) is 17.9 Å². The molecule has 2 rings (SSSR count). The third kappa shape index (κ3) is 4.19.